The highest BCUT2D eigenvalue weighted by Gasteiger charge is 2.21. The molecule has 3 N–H and O–H groups in total. The Balaban J connectivity index is 0.000000180. The Labute approximate surface area is 344 Å². The third-order valence-corrected chi connectivity index (χ3v) is 9.88. The second-order valence-electron chi connectivity index (χ2n) is 14.3. The van der Waals surface area contributed by atoms with Crippen molar-refractivity contribution in [2.24, 2.45) is 0 Å². The summed E-state index contributed by atoms with van der Waals surface area (Å²) in [5, 5.41) is 15.2. The van der Waals surface area contributed by atoms with E-state index in [0.29, 0.717) is 46.3 Å². The van der Waals surface area contributed by atoms with Gasteiger partial charge in [-0.05, 0) is 94.6 Å². The quantitative estimate of drug-likeness (QED) is 0.0883. The molecular weight excluding hydrogens is 735 g/mol. The molecule has 0 amide bonds. The zero-order chi connectivity index (χ0) is 41.1. The second kappa shape index (κ2) is 18.8. The summed E-state index contributed by atoms with van der Waals surface area (Å²) in [6, 6.07) is 44.8. The molecule has 0 spiro atoms. The molecule has 0 atom stereocenters. The Kier molecular flexibility index (Phi) is 12.8. The van der Waals surface area contributed by atoms with Gasteiger partial charge in [0.05, 0.1) is 23.2 Å². The summed E-state index contributed by atoms with van der Waals surface area (Å²) < 4.78 is 9.63. The number of aryl methyl sites for hydroxylation is 1. The Hall–Kier alpha value is -7.20. The number of fused-ring (bicyclic) bond motifs is 1. The molecule has 59 heavy (non-hydrogen) atoms. The number of para-hydroxylation sites is 4. The summed E-state index contributed by atoms with van der Waals surface area (Å²) in [6.07, 6.45) is 6.89. The maximum Gasteiger partial charge on any atom is 0.195 e. The van der Waals surface area contributed by atoms with E-state index in [1.54, 1.807) is 31.3 Å². The fourth-order valence-electron chi connectivity index (χ4n) is 7.23. The van der Waals surface area contributed by atoms with Crippen molar-refractivity contribution >= 4 is 51.2 Å². The molecule has 1 saturated heterocycles. The van der Waals surface area contributed by atoms with Gasteiger partial charge in [-0.3, -0.25) is 14.2 Å². The number of hydrogen-bond acceptors (Lipinski definition) is 8. The minimum atomic E-state index is -0.174. The molecular formula is C49H49N7O3. The van der Waals surface area contributed by atoms with E-state index in [0.717, 1.165) is 60.1 Å². The van der Waals surface area contributed by atoms with E-state index in [2.05, 4.69) is 26.2 Å². The van der Waals surface area contributed by atoms with Crippen LogP contribution in [0.4, 0.5) is 28.7 Å². The number of nitrogens with zero attached hydrogens (tertiary/aromatic N) is 4. The fourth-order valence-corrected chi connectivity index (χ4v) is 7.23. The van der Waals surface area contributed by atoms with E-state index < -0.39 is 0 Å². The third-order valence-electron chi connectivity index (χ3n) is 9.88. The highest BCUT2D eigenvalue weighted by molar-refractivity contribution is 5.96. The lowest BCUT2D eigenvalue weighted by atomic mass is 10.1. The van der Waals surface area contributed by atoms with Crippen LogP contribution in [0.3, 0.4) is 0 Å². The van der Waals surface area contributed by atoms with Gasteiger partial charge in [0.15, 0.2) is 16.5 Å². The summed E-state index contributed by atoms with van der Waals surface area (Å²) in [7, 11) is 0. The van der Waals surface area contributed by atoms with Crippen LogP contribution in [-0.4, -0.2) is 39.5 Å². The Morgan fingerprint density at radius 3 is 1.85 bits per heavy atom. The zero-order valence-corrected chi connectivity index (χ0v) is 33.7. The van der Waals surface area contributed by atoms with Crippen LogP contribution in [-0.2, 0) is 4.74 Å². The van der Waals surface area contributed by atoms with E-state index >= 15 is 0 Å². The first-order valence-corrected chi connectivity index (χ1v) is 20.0. The molecule has 0 bridgehead atoms. The molecule has 0 saturated carbocycles. The number of benzene rings is 4. The van der Waals surface area contributed by atoms with Gasteiger partial charge in [0.25, 0.3) is 0 Å². The normalized spacial score (nSPS) is 12.7. The Morgan fingerprint density at radius 1 is 0.729 bits per heavy atom. The van der Waals surface area contributed by atoms with Crippen LogP contribution < -0.4 is 26.4 Å². The van der Waals surface area contributed by atoms with Crippen molar-refractivity contribution in [2.75, 3.05) is 35.2 Å². The molecule has 10 nitrogen and oxygen atoms in total. The van der Waals surface area contributed by atoms with E-state index in [9.17, 15) is 9.59 Å². The van der Waals surface area contributed by atoms with Crippen molar-refractivity contribution in [3.63, 3.8) is 0 Å². The zero-order valence-electron chi connectivity index (χ0n) is 33.7. The van der Waals surface area contributed by atoms with Crippen molar-refractivity contribution < 1.29 is 4.74 Å². The van der Waals surface area contributed by atoms with E-state index in [4.69, 9.17) is 15.1 Å². The van der Waals surface area contributed by atoms with E-state index in [1.165, 1.54) is 6.42 Å². The van der Waals surface area contributed by atoms with Gasteiger partial charge in [0.2, 0.25) is 0 Å². The summed E-state index contributed by atoms with van der Waals surface area (Å²) in [4.78, 5) is 33.5. The van der Waals surface area contributed by atoms with Crippen molar-refractivity contribution in [3.05, 3.63) is 184 Å². The molecule has 0 unspecified atom stereocenters. The first-order chi connectivity index (χ1) is 28.8. The highest BCUT2D eigenvalue weighted by Crippen LogP contribution is 2.31. The summed E-state index contributed by atoms with van der Waals surface area (Å²) in [6.45, 7) is 7.88. The maximum absolute atomic E-state index is 13.4. The molecule has 1 fully saturated rings. The third kappa shape index (κ3) is 9.68. The second-order valence-corrected chi connectivity index (χ2v) is 14.3. The minimum absolute atomic E-state index is 0.00585. The predicted octanol–water partition coefficient (Wildman–Crippen LogP) is 10.4. The van der Waals surface area contributed by atoms with Crippen LogP contribution in [0.25, 0.3) is 28.2 Å². The molecule has 7 aromatic rings. The van der Waals surface area contributed by atoms with Crippen LogP contribution in [0.1, 0.15) is 44.4 Å². The van der Waals surface area contributed by atoms with Gasteiger partial charge in [-0.15, -0.1) is 0 Å². The average Bonchev–Trinajstić information content (AvgIpc) is 3.25. The largest absolute Gasteiger partial charge is 0.493 e. The number of aromatic nitrogens is 3. The van der Waals surface area contributed by atoms with Gasteiger partial charge >= 0.3 is 0 Å². The number of rotatable bonds is 11. The smallest absolute Gasteiger partial charge is 0.195 e. The van der Waals surface area contributed by atoms with E-state index in [1.807, 2.05) is 140 Å². The van der Waals surface area contributed by atoms with Gasteiger partial charge in [0.1, 0.15) is 17.4 Å². The maximum atomic E-state index is 13.4. The van der Waals surface area contributed by atoms with Crippen molar-refractivity contribution in [1.29, 1.82) is 5.41 Å². The highest BCUT2D eigenvalue weighted by atomic mass is 16.5. The molecule has 8 rings (SSSR count). The first-order valence-electron chi connectivity index (χ1n) is 20.0. The average molecular weight is 784 g/mol. The standard InChI is InChI=1S/C26H26N4O.C23H23N3O2/c1-19-17-22(29-15-9-4-10-16-29)25-23(31)18-24(28-20-11-5-2-6-12-20)30(26(25)27-19)21-13-7-3-8-14-21;1-3-28-22(14-17(2)24)20-16-26(19-12-8-5-9-13-19)23(15-21(20)27)25-18-10-6-4-7-11-18/h2-3,5-8,11-14,17-18,28H,4,9-10,15-16H2,1H3;4-16,24-25H,3H2,1-2H3/b;22-14+,24-17?. The number of piperidine rings is 1. The number of ether oxygens (including phenoxy) is 1. The molecule has 10 heteroatoms. The molecule has 298 valence electrons. The monoisotopic (exact) mass is 783 g/mol. The van der Waals surface area contributed by atoms with Gasteiger partial charge in [-0.25, -0.2) is 4.98 Å². The van der Waals surface area contributed by atoms with Crippen LogP contribution >= 0.6 is 0 Å². The Bertz CT molecular complexity index is 2670. The Morgan fingerprint density at radius 2 is 1.27 bits per heavy atom. The van der Waals surface area contributed by atoms with Gasteiger partial charge in [0, 0.05) is 71.7 Å². The first kappa shape index (κ1) is 40.0. The SMILES string of the molecule is CCO/C(=C/C(C)=N)c1cn(-c2ccccc2)c(Nc2ccccc2)cc1=O.Cc1cc(N2CCCCC2)c2c(=O)cc(Nc3ccccc3)n(-c3ccccc3)c2n1. The van der Waals surface area contributed by atoms with Crippen LogP contribution in [0.5, 0.6) is 0 Å². The van der Waals surface area contributed by atoms with Crippen LogP contribution in [0.15, 0.2) is 161 Å². The summed E-state index contributed by atoms with van der Waals surface area (Å²) in [5.41, 5.74) is 6.84. The molecule has 3 aromatic heterocycles. The molecule has 0 aliphatic carbocycles. The van der Waals surface area contributed by atoms with Crippen LogP contribution in [0, 0.1) is 12.3 Å². The molecule has 1 aliphatic heterocycles. The van der Waals surface area contributed by atoms with Gasteiger partial charge in [-0.2, -0.15) is 0 Å². The topological polar surface area (TPSA) is 117 Å². The molecule has 4 heterocycles. The number of pyridine rings is 3. The molecule has 4 aromatic carbocycles. The predicted molar refractivity (Wildman–Crippen MR) is 243 cm³/mol. The van der Waals surface area contributed by atoms with E-state index in [-0.39, 0.29) is 10.9 Å². The van der Waals surface area contributed by atoms with Crippen molar-refractivity contribution in [3.8, 4) is 11.4 Å². The fraction of sp³-hybridized carbons (Fsp3) is 0.184. The van der Waals surface area contributed by atoms with Gasteiger partial charge in [-0.1, -0.05) is 72.8 Å². The lowest BCUT2D eigenvalue weighted by Gasteiger charge is -2.30. The van der Waals surface area contributed by atoms with Crippen molar-refractivity contribution in [1.82, 2.24) is 14.1 Å². The lowest BCUT2D eigenvalue weighted by Crippen LogP contribution is -2.31. The number of nitrogens with one attached hydrogen (secondary N) is 3. The number of allylic oxidation sites excluding steroid dienone is 1. The molecule has 1 aliphatic rings. The van der Waals surface area contributed by atoms with Crippen LogP contribution in [0.2, 0.25) is 0 Å². The number of anilines is 5. The van der Waals surface area contributed by atoms with Gasteiger partial charge < -0.3 is 30.2 Å². The summed E-state index contributed by atoms with van der Waals surface area (Å²) in [5.74, 6) is 1.75. The minimum Gasteiger partial charge on any atom is -0.493 e. The summed E-state index contributed by atoms with van der Waals surface area (Å²) >= 11 is 0. The number of hydrogen-bond donors (Lipinski definition) is 3. The van der Waals surface area contributed by atoms with Crippen molar-refractivity contribution in [2.45, 2.75) is 40.0 Å². The molecule has 0 radical (unpaired) electrons. The lowest BCUT2D eigenvalue weighted by molar-refractivity contribution is 0.298.